The van der Waals surface area contributed by atoms with Gasteiger partial charge in [0.2, 0.25) is 0 Å². The average molecular weight is 287 g/mol. The van der Waals surface area contributed by atoms with Gasteiger partial charge in [0.15, 0.2) is 0 Å². The van der Waals surface area contributed by atoms with Crippen LogP contribution >= 0.6 is 0 Å². The molecule has 1 atom stereocenters. The number of halogens is 3. The molecule has 1 aromatic rings. The maximum absolute atomic E-state index is 12.5. The topological polar surface area (TPSA) is 29.5 Å². The fraction of sp³-hybridized carbons (Fsp3) is 0.500. The Bertz CT molecular complexity index is 503. The Hall–Kier alpha value is -1.72. The van der Waals surface area contributed by atoms with Gasteiger partial charge in [0.05, 0.1) is 12.1 Å². The van der Waals surface area contributed by atoms with Crippen molar-refractivity contribution in [2.45, 2.75) is 38.6 Å². The molecule has 110 valence electrons. The van der Waals surface area contributed by atoms with Gasteiger partial charge in [-0.05, 0) is 38.5 Å². The lowest BCUT2D eigenvalue weighted by molar-refractivity contribution is -0.137. The van der Waals surface area contributed by atoms with Gasteiger partial charge in [-0.1, -0.05) is 12.1 Å². The number of rotatable bonds is 1. The monoisotopic (exact) mass is 287 g/mol. The van der Waals surface area contributed by atoms with Crippen LogP contribution in [0.4, 0.5) is 18.0 Å². The highest BCUT2D eigenvalue weighted by Crippen LogP contribution is 2.33. The summed E-state index contributed by atoms with van der Waals surface area (Å²) >= 11 is 0. The Morgan fingerprint density at radius 3 is 2.10 bits per heavy atom. The van der Waals surface area contributed by atoms with E-state index in [-0.39, 0.29) is 5.54 Å². The van der Waals surface area contributed by atoms with Gasteiger partial charge in [-0.3, -0.25) is 4.90 Å². The number of carbonyl (C=O) groups excluding carboxylic acids is 1. The lowest BCUT2D eigenvalue weighted by Gasteiger charge is -2.29. The first kappa shape index (κ1) is 14.7. The molecule has 0 saturated carbocycles. The van der Waals surface area contributed by atoms with E-state index in [4.69, 9.17) is 4.74 Å². The highest BCUT2D eigenvalue weighted by molar-refractivity contribution is 5.71. The van der Waals surface area contributed by atoms with Crippen LogP contribution in [0.3, 0.4) is 0 Å². The Kier molecular flexibility index (Phi) is 3.44. The van der Waals surface area contributed by atoms with E-state index >= 15 is 0 Å². The molecule has 0 aromatic heterocycles. The molecule has 0 aliphatic carbocycles. The second-order valence-electron chi connectivity index (χ2n) is 5.77. The molecular weight excluding hydrogens is 271 g/mol. The summed E-state index contributed by atoms with van der Waals surface area (Å²) in [6.45, 7) is 5.98. The van der Waals surface area contributed by atoms with E-state index in [9.17, 15) is 18.0 Å². The van der Waals surface area contributed by atoms with Gasteiger partial charge in [0.1, 0.15) is 6.10 Å². The van der Waals surface area contributed by atoms with Crippen molar-refractivity contribution in [1.82, 2.24) is 4.90 Å². The van der Waals surface area contributed by atoms with E-state index in [0.29, 0.717) is 12.1 Å². The van der Waals surface area contributed by atoms with Crippen LogP contribution in [0.1, 0.15) is 38.0 Å². The van der Waals surface area contributed by atoms with E-state index in [1.807, 2.05) is 20.8 Å². The van der Waals surface area contributed by atoms with Gasteiger partial charge in [0.25, 0.3) is 0 Å². The lowest BCUT2D eigenvalue weighted by atomic mass is 10.0. The molecule has 20 heavy (non-hydrogen) atoms. The Labute approximate surface area is 115 Å². The maximum atomic E-state index is 12.5. The number of carbonyl (C=O) groups is 1. The summed E-state index contributed by atoms with van der Waals surface area (Å²) in [4.78, 5) is 13.3. The molecule has 6 heteroatoms. The second-order valence-corrected chi connectivity index (χ2v) is 5.77. The molecular formula is C14H16F3NO2. The van der Waals surface area contributed by atoms with Crippen molar-refractivity contribution in [2.24, 2.45) is 0 Å². The third-order valence-corrected chi connectivity index (χ3v) is 3.23. The predicted molar refractivity (Wildman–Crippen MR) is 67.1 cm³/mol. The zero-order chi connectivity index (χ0) is 15.1. The second kappa shape index (κ2) is 4.68. The number of benzene rings is 1. The van der Waals surface area contributed by atoms with Gasteiger partial charge in [-0.15, -0.1) is 0 Å². The minimum atomic E-state index is -4.36. The number of cyclic esters (lactones) is 1. The largest absolute Gasteiger partial charge is 0.439 e. The Balaban J connectivity index is 2.16. The van der Waals surface area contributed by atoms with Crippen LogP contribution in [0.15, 0.2) is 24.3 Å². The van der Waals surface area contributed by atoms with E-state index < -0.39 is 23.9 Å². The predicted octanol–water partition coefficient (Wildman–Crippen LogP) is 4.00. The zero-order valence-corrected chi connectivity index (χ0v) is 11.5. The molecule has 1 aliphatic heterocycles. The molecule has 3 nitrogen and oxygen atoms in total. The smallest absolute Gasteiger partial charge is 0.416 e. The van der Waals surface area contributed by atoms with Crippen molar-refractivity contribution in [3.05, 3.63) is 35.4 Å². The molecule has 0 spiro atoms. The van der Waals surface area contributed by atoms with Gasteiger partial charge in [-0.2, -0.15) is 13.2 Å². The quantitative estimate of drug-likeness (QED) is 0.781. The first-order valence-electron chi connectivity index (χ1n) is 6.24. The normalized spacial score (nSPS) is 20.2. The van der Waals surface area contributed by atoms with Gasteiger partial charge < -0.3 is 4.74 Å². The molecule has 1 fully saturated rings. The number of hydrogen-bond donors (Lipinski definition) is 0. The molecule has 1 saturated heterocycles. The Morgan fingerprint density at radius 2 is 1.70 bits per heavy atom. The number of nitrogens with zero attached hydrogens (tertiary/aromatic N) is 1. The Morgan fingerprint density at radius 1 is 1.15 bits per heavy atom. The SMILES string of the molecule is CC(C)(C)N1CC(c2ccc(C(F)(F)F)cc2)OC1=O. The summed E-state index contributed by atoms with van der Waals surface area (Å²) in [7, 11) is 0. The fourth-order valence-electron chi connectivity index (χ4n) is 2.07. The molecule has 2 rings (SSSR count). The van der Waals surface area contributed by atoms with E-state index in [2.05, 4.69) is 0 Å². The molecule has 1 amide bonds. The van der Waals surface area contributed by atoms with E-state index in [1.54, 1.807) is 4.90 Å². The molecule has 0 radical (unpaired) electrons. The molecule has 0 N–H and O–H groups in total. The molecule has 0 bridgehead atoms. The van der Waals surface area contributed by atoms with Gasteiger partial charge in [-0.25, -0.2) is 4.79 Å². The van der Waals surface area contributed by atoms with Crippen LogP contribution in [-0.2, 0) is 10.9 Å². The average Bonchev–Trinajstić information content (AvgIpc) is 2.70. The van der Waals surface area contributed by atoms with Gasteiger partial charge in [0, 0.05) is 5.54 Å². The van der Waals surface area contributed by atoms with Crippen LogP contribution in [0.5, 0.6) is 0 Å². The van der Waals surface area contributed by atoms with Crippen molar-refractivity contribution < 1.29 is 22.7 Å². The number of alkyl halides is 3. The highest BCUT2D eigenvalue weighted by Gasteiger charge is 2.39. The van der Waals surface area contributed by atoms with Crippen molar-refractivity contribution >= 4 is 6.09 Å². The fourth-order valence-corrected chi connectivity index (χ4v) is 2.07. The highest BCUT2D eigenvalue weighted by atomic mass is 19.4. The summed E-state index contributed by atoms with van der Waals surface area (Å²) in [6.07, 6.45) is -5.33. The van der Waals surface area contributed by atoms with Crippen molar-refractivity contribution in [2.75, 3.05) is 6.54 Å². The molecule has 1 unspecified atom stereocenters. The number of amides is 1. The van der Waals surface area contributed by atoms with Crippen LogP contribution in [0, 0.1) is 0 Å². The summed E-state index contributed by atoms with van der Waals surface area (Å²) < 4.78 is 42.7. The number of ether oxygens (including phenoxy) is 1. The molecule has 1 aromatic carbocycles. The first-order valence-corrected chi connectivity index (χ1v) is 6.24. The summed E-state index contributed by atoms with van der Waals surface area (Å²) in [5.74, 6) is 0. The standard InChI is InChI=1S/C14H16F3NO2/c1-13(2,3)18-8-11(20-12(18)19)9-4-6-10(7-5-9)14(15,16)17/h4-7,11H,8H2,1-3H3. The van der Waals surface area contributed by atoms with E-state index in [0.717, 1.165) is 12.1 Å². The third kappa shape index (κ3) is 2.89. The summed E-state index contributed by atoms with van der Waals surface area (Å²) in [5, 5.41) is 0. The minimum absolute atomic E-state index is 0.341. The van der Waals surface area contributed by atoms with Crippen LogP contribution < -0.4 is 0 Å². The van der Waals surface area contributed by atoms with Crippen LogP contribution in [0.2, 0.25) is 0 Å². The van der Waals surface area contributed by atoms with Crippen LogP contribution in [0.25, 0.3) is 0 Å². The van der Waals surface area contributed by atoms with Crippen molar-refractivity contribution in [3.8, 4) is 0 Å². The zero-order valence-electron chi connectivity index (χ0n) is 11.5. The summed E-state index contributed by atoms with van der Waals surface area (Å²) in [5.41, 5.74) is -0.520. The maximum Gasteiger partial charge on any atom is 0.416 e. The first-order chi connectivity index (χ1) is 9.09. The molecule has 1 heterocycles. The lowest BCUT2D eigenvalue weighted by Crippen LogP contribution is -2.41. The van der Waals surface area contributed by atoms with E-state index in [1.165, 1.54) is 12.1 Å². The minimum Gasteiger partial charge on any atom is -0.439 e. The summed E-state index contributed by atoms with van der Waals surface area (Å²) in [6, 6.07) is 4.71. The third-order valence-electron chi connectivity index (χ3n) is 3.23. The van der Waals surface area contributed by atoms with Gasteiger partial charge >= 0.3 is 12.3 Å². The van der Waals surface area contributed by atoms with Crippen molar-refractivity contribution in [1.29, 1.82) is 0 Å². The number of hydrogen-bond acceptors (Lipinski definition) is 2. The molecule has 1 aliphatic rings. The van der Waals surface area contributed by atoms with Crippen LogP contribution in [-0.4, -0.2) is 23.1 Å². The van der Waals surface area contributed by atoms with Crippen molar-refractivity contribution in [3.63, 3.8) is 0 Å².